The van der Waals surface area contributed by atoms with Gasteiger partial charge in [-0.2, -0.15) is 0 Å². The summed E-state index contributed by atoms with van der Waals surface area (Å²) in [4.78, 5) is 12.1. The minimum atomic E-state index is 0.0952. The van der Waals surface area contributed by atoms with Gasteiger partial charge in [-0.3, -0.25) is 4.79 Å². The average molecular weight is 370 g/mol. The van der Waals surface area contributed by atoms with Crippen molar-refractivity contribution in [3.05, 3.63) is 41.0 Å². The van der Waals surface area contributed by atoms with Crippen molar-refractivity contribution in [2.24, 2.45) is 0 Å². The molecule has 1 N–H and O–H groups in total. The summed E-state index contributed by atoms with van der Waals surface area (Å²) in [5.74, 6) is 0.491. The molecule has 1 aliphatic rings. The molecule has 1 saturated carbocycles. The fraction of sp³-hybridized carbons (Fsp3) is 0.476. The number of carbonyl (C=O) groups excluding carboxylic acids is 1. The first-order valence-corrected chi connectivity index (χ1v) is 10.4. The van der Waals surface area contributed by atoms with Crippen LogP contribution in [0.3, 0.4) is 0 Å². The zero-order valence-corrected chi connectivity index (χ0v) is 16.7. The second kappa shape index (κ2) is 8.67. The first-order valence-electron chi connectivity index (χ1n) is 9.37. The molecule has 1 aliphatic carbocycles. The largest absolute Gasteiger partial charge is 0.353 e. The quantitative estimate of drug-likeness (QED) is 0.782. The predicted molar refractivity (Wildman–Crippen MR) is 107 cm³/mol. The van der Waals surface area contributed by atoms with Crippen LogP contribution in [0.5, 0.6) is 0 Å². The fourth-order valence-electron chi connectivity index (χ4n) is 3.43. The molecule has 2 aromatic rings. The van der Waals surface area contributed by atoms with Gasteiger partial charge in [0.2, 0.25) is 5.91 Å². The van der Waals surface area contributed by atoms with Crippen molar-refractivity contribution in [3.63, 3.8) is 0 Å². The lowest BCUT2D eigenvalue weighted by atomic mass is 9.95. The number of benzene rings is 1. The molecular weight excluding hydrogens is 342 g/mol. The summed E-state index contributed by atoms with van der Waals surface area (Å²) in [5, 5.41) is 12.6. The van der Waals surface area contributed by atoms with Crippen LogP contribution in [0, 0.1) is 20.8 Å². The molecule has 1 aromatic heterocycles. The van der Waals surface area contributed by atoms with Gasteiger partial charge < -0.3 is 5.32 Å². The first-order chi connectivity index (χ1) is 12.5. The number of nitrogens with one attached hydrogen (secondary N) is 1. The standard InChI is InChI=1S/C21H27N3OS/c1-14-11-16(3)18(12-15(14)2)19-9-10-21(24-23-19)26-13-20(25)22-17-7-5-4-6-8-17/h9-12,17H,4-8,13H2,1-3H3,(H,22,25). The number of aromatic nitrogens is 2. The summed E-state index contributed by atoms with van der Waals surface area (Å²) in [6.07, 6.45) is 5.97. The van der Waals surface area contributed by atoms with E-state index in [-0.39, 0.29) is 5.91 Å². The highest BCUT2D eigenvalue weighted by Crippen LogP contribution is 2.26. The Hall–Kier alpha value is -1.88. The van der Waals surface area contributed by atoms with Gasteiger partial charge in [0.15, 0.2) is 0 Å². The molecule has 0 saturated heterocycles. The lowest BCUT2D eigenvalue weighted by Crippen LogP contribution is -2.37. The number of amides is 1. The smallest absolute Gasteiger partial charge is 0.230 e. The predicted octanol–water partition coefficient (Wildman–Crippen LogP) is 4.61. The van der Waals surface area contributed by atoms with Crippen molar-refractivity contribution in [1.82, 2.24) is 15.5 Å². The van der Waals surface area contributed by atoms with Crippen LogP contribution >= 0.6 is 11.8 Å². The van der Waals surface area contributed by atoms with E-state index in [4.69, 9.17) is 0 Å². The molecule has 0 bridgehead atoms. The highest BCUT2D eigenvalue weighted by molar-refractivity contribution is 7.99. The van der Waals surface area contributed by atoms with Crippen LogP contribution in [0.4, 0.5) is 0 Å². The Morgan fingerprint density at radius 1 is 1.04 bits per heavy atom. The van der Waals surface area contributed by atoms with E-state index < -0.39 is 0 Å². The van der Waals surface area contributed by atoms with E-state index in [0.717, 1.165) is 29.1 Å². The monoisotopic (exact) mass is 369 g/mol. The maximum atomic E-state index is 12.1. The molecule has 1 fully saturated rings. The second-order valence-electron chi connectivity index (χ2n) is 7.20. The van der Waals surface area contributed by atoms with E-state index in [1.54, 1.807) is 0 Å². The zero-order valence-electron chi connectivity index (χ0n) is 15.8. The molecule has 5 heteroatoms. The summed E-state index contributed by atoms with van der Waals surface area (Å²) in [6, 6.07) is 8.66. The van der Waals surface area contributed by atoms with Gasteiger partial charge in [0, 0.05) is 11.6 Å². The van der Waals surface area contributed by atoms with Gasteiger partial charge >= 0.3 is 0 Å². The molecule has 0 unspecified atom stereocenters. The molecule has 0 radical (unpaired) electrons. The molecule has 4 nitrogen and oxygen atoms in total. The van der Waals surface area contributed by atoms with Crippen LogP contribution < -0.4 is 5.32 Å². The molecular formula is C21H27N3OS. The van der Waals surface area contributed by atoms with Gasteiger partial charge in [-0.15, -0.1) is 10.2 Å². The van der Waals surface area contributed by atoms with Crippen LogP contribution in [0.25, 0.3) is 11.3 Å². The average Bonchev–Trinajstić information content (AvgIpc) is 2.64. The van der Waals surface area contributed by atoms with Crippen molar-refractivity contribution in [2.45, 2.75) is 63.9 Å². The second-order valence-corrected chi connectivity index (χ2v) is 8.19. The van der Waals surface area contributed by atoms with Crippen LogP contribution in [-0.4, -0.2) is 27.9 Å². The summed E-state index contributed by atoms with van der Waals surface area (Å²) in [5.41, 5.74) is 5.74. The maximum Gasteiger partial charge on any atom is 0.230 e. The Morgan fingerprint density at radius 2 is 1.77 bits per heavy atom. The Kier molecular flexibility index (Phi) is 6.30. The van der Waals surface area contributed by atoms with E-state index in [0.29, 0.717) is 11.8 Å². The van der Waals surface area contributed by atoms with Gasteiger partial charge in [-0.25, -0.2) is 0 Å². The number of rotatable bonds is 5. The van der Waals surface area contributed by atoms with Crippen molar-refractivity contribution in [2.75, 3.05) is 5.75 Å². The van der Waals surface area contributed by atoms with Crippen LogP contribution in [0.1, 0.15) is 48.8 Å². The minimum absolute atomic E-state index is 0.0952. The Bertz CT molecular complexity index is 768. The summed E-state index contributed by atoms with van der Waals surface area (Å²) in [6.45, 7) is 6.33. The third kappa shape index (κ3) is 4.85. The topological polar surface area (TPSA) is 54.9 Å². The Labute approximate surface area is 160 Å². The lowest BCUT2D eigenvalue weighted by molar-refractivity contribution is -0.119. The molecule has 3 rings (SSSR count). The number of thioether (sulfide) groups is 1. The summed E-state index contributed by atoms with van der Waals surface area (Å²) >= 11 is 1.45. The van der Waals surface area contributed by atoms with E-state index in [1.807, 2.05) is 12.1 Å². The highest BCUT2D eigenvalue weighted by atomic mass is 32.2. The summed E-state index contributed by atoms with van der Waals surface area (Å²) in [7, 11) is 0. The van der Waals surface area contributed by atoms with Crippen LogP contribution in [0.2, 0.25) is 0 Å². The summed E-state index contributed by atoms with van der Waals surface area (Å²) < 4.78 is 0. The molecule has 1 amide bonds. The highest BCUT2D eigenvalue weighted by Gasteiger charge is 2.16. The molecule has 0 atom stereocenters. The van der Waals surface area contributed by atoms with E-state index >= 15 is 0 Å². The molecule has 138 valence electrons. The minimum Gasteiger partial charge on any atom is -0.353 e. The molecule has 1 heterocycles. The van der Waals surface area contributed by atoms with Crippen LogP contribution in [-0.2, 0) is 4.79 Å². The van der Waals surface area contributed by atoms with Crippen molar-refractivity contribution in [1.29, 1.82) is 0 Å². The lowest BCUT2D eigenvalue weighted by Gasteiger charge is -2.22. The molecule has 0 spiro atoms. The zero-order chi connectivity index (χ0) is 18.5. The number of nitrogens with zero attached hydrogens (tertiary/aromatic N) is 2. The SMILES string of the molecule is Cc1cc(C)c(-c2ccc(SCC(=O)NC3CCCCC3)nn2)cc1C. The van der Waals surface area contributed by atoms with Crippen LogP contribution in [0.15, 0.2) is 29.3 Å². The molecule has 1 aromatic carbocycles. The molecule has 0 aliphatic heterocycles. The molecule has 26 heavy (non-hydrogen) atoms. The van der Waals surface area contributed by atoms with Gasteiger partial charge in [0.1, 0.15) is 5.03 Å². The van der Waals surface area contributed by atoms with E-state index in [1.165, 1.54) is 47.7 Å². The number of aryl methyl sites for hydroxylation is 3. The van der Waals surface area contributed by atoms with Crippen molar-refractivity contribution in [3.8, 4) is 11.3 Å². The Balaban J connectivity index is 1.58. The maximum absolute atomic E-state index is 12.1. The van der Waals surface area contributed by atoms with Gasteiger partial charge in [0.25, 0.3) is 0 Å². The normalized spacial score (nSPS) is 15.0. The Morgan fingerprint density at radius 3 is 2.46 bits per heavy atom. The van der Waals surface area contributed by atoms with Gasteiger partial charge in [-0.05, 0) is 68.5 Å². The third-order valence-electron chi connectivity index (χ3n) is 5.08. The number of hydrogen-bond donors (Lipinski definition) is 1. The van der Waals surface area contributed by atoms with Gasteiger partial charge in [-0.1, -0.05) is 37.1 Å². The van der Waals surface area contributed by atoms with Crippen molar-refractivity contribution >= 4 is 17.7 Å². The first kappa shape index (κ1) is 18.9. The van der Waals surface area contributed by atoms with E-state index in [9.17, 15) is 4.79 Å². The van der Waals surface area contributed by atoms with E-state index in [2.05, 4.69) is 48.4 Å². The number of hydrogen-bond acceptors (Lipinski definition) is 4. The third-order valence-corrected chi connectivity index (χ3v) is 6.00. The number of carbonyl (C=O) groups is 1. The van der Waals surface area contributed by atoms with Crippen molar-refractivity contribution < 1.29 is 4.79 Å². The van der Waals surface area contributed by atoms with Gasteiger partial charge in [0.05, 0.1) is 11.4 Å². The fourth-order valence-corrected chi connectivity index (χ4v) is 4.06.